The summed E-state index contributed by atoms with van der Waals surface area (Å²) in [4.78, 5) is 0. The van der Waals surface area contributed by atoms with Crippen molar-refractivity contribution >= 4 is 26.0 Å². The van der Waals surface area contributed by atoms with E-state index in [4.69, 9.17) is 0 Å². The van der Waals surface area contributed by atoms with Crippen LogP contribution in [0.2, 0.25) is 0 Å². The molecule has 0 aliphatic rings. The first kappa shape index (κ1) is 15.1. The van der Waals surface area contributed by atoms with E-state index in [1.165, 1.54) is 8.99 Å². The number of sulfonamides is 1. The Hall–Kier alpha value is -1.25. The molecule has 0 fully saturated rings. The highest BCUT2D eigenvalue weighted by molar-refractivity contribution is 9.10. The van der Waals surface area contributed by atoms with Gasteiger partial charge in [0.1, 0.15) is 0 Å². The molecule has 0 aliphatic carbocycles. The Kier molecular flexibility index (Phi) is 4.26. The van der Waals surface area contributed by atoms with Crippen LogP contribution in [0.15, 0.2) is 40.0 Å². The topological polar surface area (TPSA) is 68.1 Å². The lowest BCUT2D eigenvalue weighted by molar-refractivity contribution is 0.393. The molecule has 1 unspecified atom stereocenters. The molecule has 0 bridgehead atoms. The highest BCUT2D eigenvalue weighted by Crippen LogP contribution is 2.28. The van der Waals surface area contributed by atoms with E-state index >= 15 is 0 Å². The number of benzene rings is 1. The second-order valence-corrected chi connectivity index (χ2v) is 7.08. The maximum Gasteiger partial charge on any atom is 0.263 e. The molecule has 0 radical (unpaired) electrons. The lowest BCUT2D eigenvalue weighted by Crippen LogP contribution is -2.31. The summed E-state index contributed by atoms with van der Waals surface area (Å²) in [6.07, 6.45) is 0. The minimum absolute atomic E-state index is 0.0442. The molecule has 2 aromatic rings. The molecular weight excluding hydrogens is 344 g/mol. The van der Waals surface area contributed by atoms with E-state index in [1.807, 2.05) is 37.3 Å². The number of hydrogen-bond donors (Lipinski definition) is 0. The Labute approximate surface area is 126 Å². The highest BCUT2D eigenvalue weighted by atomic mass is 79.9. The van der Waals surface area contributed by atoms with Crippen LogP contribution in [0.1, 0.15) is 18.5 Å². The molecule has 1 atom stereocenters. The van der Waals surface area contributed by atoms with Gasteiger partial charge in [-0.25, -0.2) is 13.1 Å². The van der Waals surface area contributed by atoms with Crippen molar-refractivity contribution < 1.29 is 8.42 Å². The lowest BCUT2D eigenvalue weighted by Gasteiger charge is -2.24. The Bertz CT molecular complexity index is 680. The standard InChI is InChI=1S/C12H15BrN4O2S/c1-9(10-7-5-4-6-8-10)17(3)20(18,19)12-11(13)14-15-16(12)2/h4-9H,1-3H3. The van der Waals surface area contributed by atoms with Gasteiger partial charge in [0.15, 0.2) is 4.60 Å². The molecule has 0 amide bonds. The maximum atomic E-state index is 12.6. The van der Waals surface area contributed by atoms with Gasteiger partial charge in [-0.05, 0) is 28.4 Å². The fourth-order valence-corrected chi connectivity index (χ4v) is 4.26. The van der Waals surface area contributed by atoms with Crippen LogP contribution in [0.5, 0.6) is 0 Å². The van der Waals surface area contributed by atoms with E-state index in [0.29, 0.717) is 0 Å². The highest BCUT2D eigenvalue weighted by Gasteiger charge is 2.31. The molecule has 0 N–H and O–H groups in total. The van der Waals surface area contributed by atoms with Crippen LogP contribution in [0.3, 0.4) is 0 Å². The van der Waals surface area contributed by atoms with Crippen LogP contribution in [0.25, 0.3) is 0 Å². The van der Waals surface area contributed by atoms with Gasteiger partial charge in [-0.15, -0.1) is 5.10 Å². The summed E-state index contributed by atoms with van der Waals surface area (Å²) in [5, 5.41) is 7.48. The summed E-state index contributed by atoms with van der Waals surface area (Å²) in [6, 6.07) is 9.16. The Morgan fingerprint density at radius 1 is 1.30 bits per heavy atom. The quantitative estimate of drug-likeness (QED) is 0.837. The first-order valence-electron chi connectivity index (χ1n) is 5.94. The zero-order chi connectivity index (χ0) is 14.9. The van der Waals surface area contributed by atoms with Gasteiger partial charge in [0.2, 0.25) is 5.03 Å². The second-order valence-electron chi connectivity index (χ2n) is 4.42. The molecule has 1 aromatic carbocycles. The number of hydrogen-bond acceptors (Lipinski definition) is 4. The SMILES string of the molecule is CC(c1ccccc1)N(C)S(=O)(=O)c1c(Br)nnn1C. The molecule has 108 valence electrons. The minimum Gasteiger partial charge on any atom is -0.235 e. The van der Waals surface area contributed by atoms with Crippen molar-refractivity contribution in [3.8, 4) is 0 Å². The fraction of sp³-hybridized carbons (Fsp3) is 0.333. The summed E-state index contributed by atoms with van der Waals surface area (Å²) in [5.41, 5.74) is 0.921. The van der Waals surface area contributed by atoms with Crippen molar-refractivity contribution in [3.63, 3.8) is 0 Å². The normalized spacial score (nSPS) is 13.7. The van der Waals surface area contributed by atoms with E-state index in [-0.39, 0.29) is 15.7 Å². The van der Waals surface area contributed by atoms with Crippen molar-refractivity contribution in [2.75, 3.05) is 7.05 Å². The summed E-state index contributed by atoms with van der Waals surface area (Å²) >= 11 is 3.13. The van der Waals surface area contributed by atoms with Gasteiger partial charge in [0, 0.05) is 20.1 Å². The Balaban J connectivity index is 2.40. The summed E-state index contributed by atoms with van der Waals surface area (Å²) in [5.74, 6) is 0. The van der Waals surface area contributed by atoms with Gasteiger partial charge in [-0.2, -0.15) is 4.31 Å². The maximum absolute atomic E-state index is 12.6. The van der Waals surface area contributed by atoms with Gasteiger partial charge in [-0.3, -0.25) is 0 Å². The predicted molar refractivity (Wildman–Crippen MR) is 78.5 cm³/mol. The third-order valence-corrected chi connectivity index (χ3v) is 6.01. The Morgan fingerprint density at radius 2 is 1.90 bits per heavy atom. The molecule has 1 aromatic heterocycles. The van der Waals surface area contributed by atoms with Gasteiger partial charge >= 0.3 is 0 Å². The number of aryl methyl sites for hydroxylation is 1. The van der Waals surface area contributed by atoms with Crippen LogP contribution >= 0.6 is 15.9 Å². The monoisotopic (exact) mass is 358 g/mol. The molecule has 8 heteroatoms. The van der Waals surface area contributed by atoms with Crippen LogP contribution in [-0.2, 0) is 17.1 Å². The van der Waals surface area contributed by atoms with E-state index in [2.05, 4.69) is 26.2 Å². The lowest BCUT2D eigenvalue weighted by atomic mass is 10.1. The molecular formula is C12H15BrN4O2S. The molecule has 0 saturated heterocycles. The molecule has 0 spiro atoms. The van der Waals surface area contributed by atoms with Gasteiger partial charge in [0.05, 0.1) is 0 Å². The first-order valence-corrected chi connectivity index (χ1v) is 8.17. The number of aromatic nitrogens is 3. The van der Waals surface area contributed by atoms with E-state index in [0.717, 1.165) is 5.56 Å². The zero-order valence-corrected chi connectivity index (χ0v) is 13.8. The average Bonchev–Trinajstić information content (AvgIpc) is 2.78. The largest absolute Gasteiger partial charge is 0.263 e. The molecule has 6 nitrogen and oxygen atoms in total. The van der Waals surface area contributed by atoms with Crippen molar-refractivity contribution in [2.45, 2.75) is 18.0 Å². The summed E-state index contributed by atoms with van der Waals surface area (Å²) < 4.78 is 28.1. The van der Waals surface area contributed by atoms with Crippen molar-refractivity contribution in [1.82, 2.24) is 19.3 Å². The van der Waals surface area contributed by atoms with Gasteiger partial charge in [-0.1, -0.05) is 35.5 Å². The predicted octanol–water partition coefficient (Wildman–Crippen LogP) is 1.96. The number of rotatable bonds is 4. The second kappa shape index (κ2) is 5.63. The smallest absolute Gasteiger partial charge is 0.235 e. The molecule has 0 saturated carbocycles. The van der Waals surface area contributed by atoms with Crippen LogP contribution in [-0.4, -0.2) is 34.8 Å². The van der Waals surface area contributed by atoms with E-state index in [9.17, 15) is 8.42 Å². The van der Waals surface area contributed by atoms with Crippen LogP contribution in [0.4, 0.5) is 0 Å². The molecule has 1 heterocycles. The molecule has 2 rings (SSSR count). The molecule has 0 aliphatic heterocycles. The van der Waals surface area contributed by atoms with Crippen LogP contribution < -0.4 is 0 Å². The average molecular weight is 359 g/mol. The van der Waals surface area contributed by atoms with Crippen LogP contribution in [0, 0.1) is 0 Å². The number of halogens is 1. The van der Waals surface area contributed by atoms with Gasteiger partial charge < -0.3 is 0 Å². The Morgan fingerprint density at radius 3 is 2.40 bits per heavy atom. The van der Waals surface area contributed by atoms with Gasteiger partial charge in [0.25, 0.3) is 10.0 Å². The van der Waals surface area contributed by atoms with E-state index < -0.39 is 10.0 Å². The van der Waals surface area contributed by atoms with E-state index in [1.54, 1.807) is 14.1 Å². The third-order valence-electron chi connectivity index (χ3n) is 3.19. The fourth-order valence-electron chi connectivity index (χ4n) is 1.88. The van der Waals surface area contributed by atoms with Crippen molar-refractivity contribution in [1.29, 1.82) is 0 Å². The molecule has 20 heavy (non-hydrogen) atoms. The minimum atomic E-state index is -3.68. The van der Waals surface area contributed by atoms with Crippen molar-refractivity contribution in [3.05, 3.63) is 40.5 Å². The zero-order valence-electron chi connectivity index (χ0n) is 11.4. The third kappa shape index (κ3) is 2.63. The summed E-state index contributed by atoms with van der Waals surface area (Å²) in [6.45, 7) is 1.84. The number of nitrogens with zero attached hydrogens (tertiary/aromatic N) is 4. The first-order chi connectivity index (χ1) is 9.35. The summed E-state index contributed by atoms with van der Waals surface area (Å²) in [7, 11) is -0.585. The van der Waals surface area contributed by atoms with Crippen molar-refractivity contribution in [2.24, 2.45) is 7.05 Å².